The first-order valence-corrected chi connectivity index (χ1v) is 7.82. The van der Waals surface area contributed by atoms with Crippen LogP contribution in [0.4, 0.5) is 0 Å². The van der Waals surface area contributed by atoms with Gasteiger partial charge in [-0.15, -0.1) is 6.58 Å². The quantitative estimate of drug-likeness (QED) is 0.432. The molecule has 2 aliphatic carbocycles. The molecule has 0 nitrogen and oxygen atoms in total. The second-order valence-corrected chi connectivity index (χ2v) is 6.22. The predicted octanol–water partition coefficient (Wildman–Crippen LogP) is 5.54. The summed E-state index contributed by atoms with van der Waals surface area (Å²) in [6.07, 6.45) is 20.5. The topological polar surface area (TPSA) is 0 Å². The molecule has 0 aliphatic heterocycles. The van der Waals surface area contributed by atoms with Crippen molar-refractivity contribution >= 4 is 0 Å². The minimum absolute atomic E-state index is 1.04. The van der Waals surface area contributed by atoms with Gasteiger partial charge in [0.1, 0.15) is 0 Å². The van der Waals surface area contributed by atoms with Crippen molar-refractivity contribution in [2.45, 2.75) is 70.6 Å². The minimum Gasteiger partial charge on any atom is -0.103 e. The van der Waals surface area contributed by atoms with Crippen LogP contribution >= 0.6 is 0 Å². The molecule has 2 saturated carbocycles. The van der Waals surface area contributed by atoms with Crippen LogP contribution in [-0.2, 0) is 0 Å². The number of rotatable bonds is 5. The summed E-state index contributed by atoms with van der Waals surface area (Å²) in [7, 11) is 0. The van der Waals surface area contributed by atoms with Crippen LogP contribution in [0.5, 0.6) is 0 Å². The van der Waals surface area contributed by atoms with E-state index in [1.54, 1.807) is 0 Å². The third-order valence-electron chi connectivity index (χ3n) is 5.03. The van der Waals surface area contributed by atoms with Crippen LogP contribution in [0.25, 0.3) is 0 Å². The molecule has 2 fully saturated rings. The van der Waals surface area contributed by atoms with Gasteiger partial charge in [-0.25, -0.2) is 0 Å². The zero-order valence-electron chi connectivity index (χ0n) is 11.4. The Hall–Kier alpha value is -0.260. The fourth-order valence-corrected chi connectivity index (χ4v) is 3.90. The van der Waals surface area contributed by atoms with Gasteiger partial charge >= 0.3 is 0 Å². The van der Waals surface area contributed by atoms with Crippen molar-refractivity contribution in [3.8, 4) is 0 Å². The Bertz CT molecular complexity index is 204. The van der Waals surface area contributed by atoms with Crippen molar-refractivity contribution in [1.29, 1.82) is 0 Å². The molecule has 0 aromatic heterocycles. The summed E-state index contributed by atoms with van der Waals surface area (Å²) in [6.45, 7) is 3.81. The van der Waals surface area contributed by atoms with Crippen molar-refractivity contribution in [3.63, 3.8) is 0 Å². The Morgan fingerprint density at radius 3 is 2.53 bits per heavy atom. The Morgan fingerprint density at radius 2 is 1.88 bits per heavy atom. The van der Waals surface area contributed by atoms with Gasteiger partial charge in [-0.3, -0.25) is 0 Å². The Kier molecular flexibility index (Phi) is 5.61. The maximum absolute atomic E-state index is 3.81. The fraction of sp³-hybridized carbons (Fsp3) is 0.824. The maximum atomic E-state index is 3.81. The van der Waals surface area contributed by atoms with Crippen molar-refractivity contribution < 1.29 is 0 Å². The molecule has 1 unspecified atom stereocenters. The molecule has 17 heavy (non-hydrogen) atoms. The summed E-state index contributed by atoms with van der Waals surface area (Å²) in [5, 5.41) is 0. The summed E-state index contributed by atoms with van der Waals surface area (Å²) < 4.78 is 0. The van der Waals surface area contributed by atoms with E-state index in [0.29, 0.717) is 0 Å². The molecule has 97 valence electrons. The largest absolute Gasteiger partial charge is 0.103 e. The molecule has 0 amide bonds. The summed E-state index contributed by atoms with van der Waals surface area (Å²) in [4.78, 5) is 0. The SMILES string of the molecule is C=CCCCC1CCC(C2C[CH]CCC2)CC1. The third-order valence-corrected chi connectivity index (χ3v) is 5.03. The van der Waals surface area contributed by atoms with Crippen LogP contribution in [0.15, 0.2) is 12.7 Å². The average molecular weight is 233 g/mol. The monoisotopic (exact) mass is 233 g/mol. The van der Waals surface area contributed by atoms with Crippen molar-refractivity contribution in [2.24, 2.45) is 17.8 Å². The van der Waals surface area contributed by atoms with E-state index in [-0.39, 0.29) is 0 Å². The third kappa shape index (κ3) is 4.16. The zero-order valence-corrected chi connectivity index (χ0v) is 11.4. The Morgan fingerprint density at radius 1 is 1.06 bits per heavy atom. The minimum atomic E-state index is 1.04. The van der Waals surface area contributed by atoms with E-state index in [0.717, 1.165) is 17.8 Å². The van der Waals surface area contributed by atoms with Crippen LogP contribution in [0, 0.1) is 24.2 Å². The van der Waals surface area contributed by atoms with Crippen LogP contribution in [-0.4, -0.2) is 0 Å². The van der Waals surface area contributed by atoms with Crippen LogP contribution < -0.4 is 0 Å². The van der Waals surface area contributed by atoms with E-state index in [1.807, 2.05) is 0 Å². The van der Waals surface area contributed by atoms with E-state index in [4.69, 9.17) is 0 Å². The smallest absolute Gasteiger partial charge is 0.0353 e. The highest BCUT2D eigenvalue weighted by Gasteiger charge is 2.28. The second-order valence-electron chi connectivity index (χ2n) is 6.22. The summed E-state index contributed by atoms with van der Waals surface area (Å²) in [6, 6.07) is 0. The first kappa shape index (κ1) is 13.2. The first-order chi connectivity index (χ1) is 8.40. The van der Waals surface area contributed by atoms with Crippen LogP contribution in [0.1, 0.15) is 70.6 Å². The van der Waals surface area contributed by atoms with Crippen molar-refractivity contribution in [2.75, 3.05) is 0 Å². The highest BCUT2D eigenvalue weighted by molar-refractivity contribution is 4.85. The Labute approximate surface area is 108 Å². The lowest BCUT2D eigenvalue weighted by Gasteiger charge is -2.35. The van der Waals surface area contributed by atoms with Gasteiger partial charge in [-0.2, -0.15) is 0 Å². The number of allylic oxidation sites excluding steroid dienone is 1. The van der Waals surface area contributed by atoms with Gasteiger partial charge in [0, 0.05) is 0 Å². The lowest BCUT2D eigenvalue weighted by molar-refractivity contribution is 0.176. The molecular weight excluding hydrogens is 204 g/mol. The summed E-state index contributed by atoms with van der Waals surface area (Å²) in [5.74, 6) is 3.17. The summed E-state index contributed by atoms with van der Waals surface area (Å²) >= 11 is 0. The van der Waals surface area contributed by atoms with Gasteiger partial charge in [0.2, 0.25) is 0 Å². The van der Waals surface area contributed by atoms with Crippen LogP contribution in [0.2, 0.25) is 0 Å². The lowest BCUT2D eigenvalue weighted by atomic mass is 9.70. The first-order valence-electron chi connectivity index (χ1n) is 7.82. The zero-order chi connectivity index (χ0) is 11.9. The highest BCUT2D eigenvalue weighted by Crippen LogP contribution is 2.40. The molecule has 0 bridgehead atoms. The molecule has 1 atom stereocenters. The van der Waals surface area contributed by atoms with Gasteiger partial charge in [-0.1, -0.05) is 44.6 Å². The van der Waals surface area contributed by atoms with E-state index in [2.05, 4.69) is 19.1 Å². The predicted molar refractivity (Wildman–Crippen MR) is 75.8 cm³/mol. The van der Waals surface area contributed by atoms with Gasteiger partial charge in [0.05, 0.1) is 0 Å². The van der Waals surface area contributed by atoms with Crippen molar-refractivity contribution in [3.05, 3.63) is 19.1 Å². The molecule has 0 spiro atoms. The standard InChI is InChI=1S/C17H29/c1-2-3-5-8-15-11-13-17(14-12-15)16-9-6-4-7-10-16/h2,6,15-17H,1,3-5,7-14H2. The number of hydrogen-bond donors (Lipinski definition) is 0. The van der Waals surface area contributed by atoms with Gasteiger partial charge in [0.25, 0.3) is 0 Å². The normalized spacial score (nSPS) is 31.3. The maximum Gasteiger partial charge on any atom is -0.0353 e. The van der Waals surface area contributed by atoms with Crippen molar-refractivity contribution in [1.82, 2.24) is 0 Å². The lowest BCUT2D eigenvalue weighted by Crippen LogP contribution is -2.23. The average Bonchev–Trinajstić information content (AvgIpc) is 2.41. The molecule has 1 radical (unpaired) electrons. The molecule has 0 aromatic rings. The Balaban J connectivity index is 1.64. The molecule has 2 aliphatic rings. The van der Waals surface area contributed by atoms with Crippen LogP contribution in [0.3, 0.4) is 0 Å². The number of hydrogen-bond acceptors (Lipinski definition) is 0. The summed E-state index contributed by atoms with van der Waals surface area (Å²) in [5.41, 5.74) is 0. The van der Waals surface area contributed by atoms with Gasteiger partial charge in [0.15, 0.2) is 0 Å². The molecule has 0 aromatic carbocycles. The molecule has 0 saturated heterocycles. The van der Waals surface area contributed by atoms with E-state index >= 15 is 0 Å². The molecular formula is C17H29. The molecule has 0 N–H and O–H groups in total. The highest BCUT2D eigenvalue weighted by atomic mass is 14.3. The number of unbranched alkanes of at least 4 members (excludes halogenated alkanes) is 1. The van der Waals surface area contributed by atoms with Gasteiger partial charge in [-0.05, 0) is 56.3 Å². The van der Waals surface area contributed by atoms with Gasteiger partial charge < -0.3 is 0 Å². The molecule has 2 rings (SSSR count). The molecule has 0 heterocycles. The molecule has 0 heteroatoms. The second kappa shape index (κ2) is 7.24. The van der Waals surface area contributed by atoms with E-state index in [9.17, 15) is 0 Å². The fourth-order valence-electron chi connectivity index (χ4n) is 3.90. The van der Waals surface area contributed by atoms with E-state index in [1.165, 1.54) is 70.6 Å². The van der Waals surface area contributed by atoms with E-state index < -0.39 is 0 Å².